The third kappa shape index (κ3) is 5.41. The predicted molar refractivity (Wildman–Crippen MR) is 67.1 cm³/mol. The lowest BCUT2D eigenvalue weighted by atomic mass is 10.2. The summed E-state index contributed by atoms with van der Waals surface area (Å²) in [7, 11) is 2.74. The van der Waals surface area contributed by atoms with Gasteiger partial charge in [0.2, 0.25) is 5.91 Å². The Labute approximate surface area is 118 Å². The summed E-state index contributed by atoms with van der Waals surface area (Å²) in [5, 5.41) is 0. The fraction of sp³-hybridized carbons (Fsp3) is 0.385. The normalized spacial score (nSPS) is 11.1. The minimum atomic E-state index is -4.64. The van der Waals surface area contributed by atoms with Crippen molar-refractivity contribution < 1.29 is 27.2 Å². The van der Waals surface area contributed by atoms with Gasteiger partial charge < -0.3 is 9.80 Å². The van der Waals surface area contributed by atoms with Gasteiger partial charge in [0, 0.05) is 19.7 Å². The second-order valence-corrected chi connectivity index (χ2v) is 4.57. The van der Waals surface area contributed by atoms with Gasteiger partial charge in [-0.15, -0.1) is 0 Å². The van der Waals surface area contributed by atoms with Crippen molar-refractivity contribution in [3.63, 3.8) is 0 Å². The molecule has 0 saturated heterocycles. The van der Waals surface area contributed by atoms with Gasteiger partial charge in [0.15, 0.2) is 0 Å². The van der Waals surface area contributed by atoms with Gasteiger partial charge in [-0.1, -0.05) is 0 Å². The maximum absolute atomic E-state index is 12.8. The monoisotopic (exact) mass is 306 g/mol. The zero-order chi connectivity index (χ0) is 16.2. The lowest BCUT2D eigenvalue weighted by molar-refractivity contribution is -0.146. The smallest absolute Gasteiger partial charge is 0.347 e. The van der Waals surface area contributed by atoms with Crippen LogP contribution in [-0.2, 0) is 4.79 Å². The zero-order valence-electron chi connectivity index (χ0n) is 11.4. The number of halogens is 4. The Bertz CT molecular complexity index is 512. The van der Waals surface area contributed by atoms with Crippen LogP contribution in [0.2, 0.25) is 0 Å². The number of hydrogen-bond acceptors (Lipinski definition) is 2. The quantitative estimate of drug-likeness (QED) is 0.797. The van der Waals surface area contributed by atoms with E-state index in [4.69, 9.17) is 0 Å². The number of nitrogens with zero attached hydrogens (tertiary/aromatic N) is 2. The predicted octanol–water partition coefficient (Wildman–Crippen LogP) is 1.92. The summed E-state index contributed by atoms with van der Waals surface area (Å²) in [6, 6.07) is 4.07. The van der Waals surface area contributed by atoms with Crippen molar-refractivity contribution in [3.05, 3.63) is 35.6 Å². The van der Waals surface area contributed by atoms with E-state index in [1.807, 2.05) is 0 Å². The summed E-state index contributed by atoms with van der Waals surface area (Å²) in [6.45, 7) is -2.26. The fourth-order valence-corrected chi connectivity index (χ4v) is 1.50. The molecule has 0 radical (unpaired) electrons. The van der Waals surface area contributed by atoms with Gasteiger partial charge in [-0.3, -0.25) is 9.59 Å². The van der Waals surface area contributed by atoms with Crippen LogP contribution in [0.5, 0.6) is 0 Å². The Morgan fingerprint density at radius 2 is 1.62 bits per heavy atom. The van der Waals surface area contributed by atoms with E-state index in [0.29, 0.717) is 4.90 Å². The van der Waals surface area contributed by atoms with Crippen LogP contribution < -0.4 is 0 Å². The third-order valence-corrected chi connectivity index (χ3v) is 2.57. The first-order valence-corrected chi connectivity index (χ1v) is 5.92. The van der Waals surface area contributed by atoms with Gasteiger partial charge in [-0.05, 0) is 24.3 Å². The standard InChI is InChI=1S/C13H14F4N2O2/c1-18(2)11(20)7-19(8-13(15,16)17)12(21)9-3-5-10(14)6-4-9/h3-6H,7-8H2,1-2H3. The van der Waals surface area contributed by atoms with Crippen LogP contribution in [-0.4, -0.2) is 55.0 Å². The molecule has 2 amide bonds. The van der Waals surface area contributed by atoms with Gasteiger partial charge >= 0.3 is 6.18 Å². The molecular formula is C13H14F4N2O2. The molecule has 0 aliphatic rings. The van der Waals surface area contributed by atoms with Crippen molar-refractivity contribution in [1.82, 2.24) is 9.80 Å². The van der Waals surface area contributed by atoms with Crippen LogP contribution in [0, 0.1) is 5.82 Å². The first kappa shape index (κ1) is 16.9. The molecule has 0 fully saturated rings. The highest BCUT2D eigenvalue weighted by Gasteiger charge is 2.34. The van der Waals surface area contributed by atoms with Crippen molar-refractivity contribution >= 4 is 11.8 Å². The van der Waals surface area contributed by atoms with E-state index in [2.05, 4.69) is 0 Å². The molecule has 0 aliphatic heterocycles. The molecule has 116 valence electrons. The number of alkyl halides is 3. The number of benzene rings is 1. The minimum absolute atomic E-state index is 0.118. The number of rotatable bonds is 4. The fourth-order valence-electron chi connectivity index (χ4n) is 1.50. The van der Waals surface area contributed by atoms with E-state index in [9.17, 15) is 27.2 Å². The van der Waals surface area contributed by atoms with Crippen LogP contribution in [0.3, 0.4) is 0 Å². The summed E-state index contributed by atoms with van der Waals surface area (Å²) >= 11 is 0. The molecule has 0 atom stereocenters. The van der Waals surface area contributed by atoms with E-state index < -0.39 is 36.9 Å². The van der Waals surface area contributed by atoms with Gasteiger partial charge in [-0.25, -0.2) is 4.39 Å². The van der Waals surface area contributed by atoms with Crippen molar-refractivity contribution in [1.29, 1.82) is 0 Å². The van der Waals surface area contributed by atoms with Crippen molar-refractivity contribution in [2.24, 2.45) is 0 Å². The average Bonchev–Trinajstić information content (AvgIpc) is 2.36. The second kappa shape index (κ2) is 6.55. The summed E-state index contributed by atoms with van der Waals surface area (Å²) in [5.74, 6) is -2.24. The van der Waals surface area contributed by atoms with Crippen molar-refractivity contribution in [2.45, 2.75) is 6.18 Å². The molecule has 1 aromatic carbocycles. The summed E-state index contributed by atoms with van der Waals surface area (Å²) < 4.78 is 50.3. The largest absolute Gasteiger partial charge is 0.406 e. The molecule has 0 bridgehead atoms. The first-order chi connectivity index (χ1) is 9.60. The van der Waals surface area contributed by atoms with Crippen LogP contribution in [0.1, 0.15) is 10.4 Å². The number of carbonyl (C=O) groups is 2. The topological polar surface area (TPSA) is 40.6 Å². The van der Waals surface area contributed by atoms with Gasteiger partial charge in [0.25, 0.3) is 5.91 Å². The highest BCUT2D eigenvalue weighted by Crippen LogP contribution is 2.18. The molecule has 8 heteroatoms. The minimum Gasteiger partial charge on any atom is -0.347 e. The van der Waals surface area contributed by atoms with Crippen LogP contribution in [0.25, 0.3) is 0 Å². The number of hydrogen-bond donors (Lipinski definition) is 0. The Kier molecular flexibility index (Phi) is 5.28. The molecule has 0 spiro atoms. The zero-order valence-corrected chi connectivity index (χ0v) is 11.4. The average molecular weight is 306 g/mol. The van der Waals surface area contributed by atoms with E-state index in [0.717, 1.165) is 29.2 Å². The molecule has 0 aromatic heterocycles. The van der Waals surface area contributed by atoms with Crippen molar-refractivity contribution in [2.75, 3.05) is 27.2 Å². The molecule has 21 heavy (non-hydrogen) atoms. The number of carbonyl (C=O) groups excluding carboxylic acids is 2. The molecule has 1 rings (SSSR count). The van der Waals surface area contributed by atoms with Crippen LogP contribution >= 0.6 is 0 Å². The summed E-state index contributed by atoms with van der Waals surface area (Å²) in [5.41, 5.74) is -0.118. The first-order valence-electron chi connectivity index (χ1n) is 5.92. The Balaban J connectivity index is 2.96. The lowest BCUT2D eigenvalue weighted by Crippen LogP contribution is -2.44. The lowest BCUT2D eigenvalue weighted by Gasteiger charge is -2.25. The van der Waals surface area contributed by atoms with Crippen LogP contribution in [0.4, 0.5) is 17.6 Å². The molecule has 0 unspecified atom stereocenters. The highest BCUT2D eigenvalue weighted by molar-refractivity contribution is 5.96. The van der Waals surface area contributed by atoms with E-state index in [-0.39, 0.29) is 5.56 Å². The van der Waals surface area contributed by atoms with Gasteiger partial charge in [0.05, 0.1) is 0 Å². The molecule has 0 N–H and O–H groups in total. The Hall–Kier alpha value is -2.12. The third-order valence-electron chi connectivity index (χ3n) is 2.57. The van der Waals surface area contributed by atoms with Crippen molar-refractivity contribution in [3.8, 4) is 0 Å². The second-order valence-electron chi connectivity index (χ2n) is 4.57. The van der Waals surface area contributed by atoms with Gasteiger partial charge in [-0.2, -0.15) is 13.2 Å². The van der Waals surface area contributed by atoms with Gasteiger partial charge in [0.1, 0.15) is 18.9 Å². The maximum atomic E-state index is 12.8. The highest BCUT2D eigenvalue weighted by atomic mass is 19.4. The maximum Gasteiger partial charge on any atom is 0.406 e. The molecule has 0 heterocycles. The SMILES string of the molecule is CN(C)C(=O)CN(CC(F)(F)F)C(=O)c1ccc(F)cc1. The van der Waals surface area contributed by atoms with E-state index in [1.165, 1.54) is 14.1 Å². The number of amides is 2. The molecular weight excluding hydrogens is 292 g/mol. The molecule has 0 saturated carbocycles. The molecule has 4 nitrogen and oxygen atoms in total. The summed E-state index contributed by atoms with van der Waals surface area (Å²) in [4.78, 5) is 25.0. The Morgan fingerprint density at radius 1 is 1.10 bits per heavy atom. The van der Waals surface area contributed by atoms with E-state index in [1.54, 1.807) is 0 Å². The van der Waals surface area contributed by atoms with E-state index >= 15 is 0 Å². The summed E-state index contributed by atoms with van der Waals surface area (Å²) in [6.07, 6.45) is -4.64. The molecule has 0 aliphatic carbocycles. The Morgan fingerprint density at radius 3 is 2.05 bits per heavy atom. The van der Waals surface area contributed by atoms with Crippen LogP contribution in [0.15, 0.2) is 24.3 Å². The molecule has 1 aromatic rings. The number of likely N-dealkylation sites (N-methyl/N-ethyl adjacent to an activating group) is 1.